The molecule has 1 aromatic heterocycles. The minimum atomic E-state index is -0.0278. The fraction of sp³-hybridized carbons (Fsp3) is 0.292. The van der Waals surface area contributed by atoms with E-state index in [-0.39, 0.29) is 11.9 Å². The molecule has 2 N–H and O–H groups in total. The normalized spacial score (nSPS) is 15.1. The molecule has 1 aliphatic rings. The van der Waals surface area contributed by atoms with Crippen molar-refractivity contribution in [3.63, 3.8) is 0 Å². The largest absolute Gasteiger partial charge is 0.495 e. The number of rotatable bonds is 7. The van der Waals surface area contributed by atoms with Gasteiger partial charge < -0.3 is 24.3 Å². The fourth-order valence-corrected chi connectivity index (χ4v) is 3.98. The monoisotopic (exact) mass is 406 g/mol. The van der Waals surface area contributed by atoms with Gasteiger partial charge in [-0.05, 0) is 24.3 Å². The first kappa shape index (κ1) is 20.0. The highest BCUT2D eigenvalue weighted by atomic mass is 16.5. The quantitative estimate of drug-likeness (QED) is 0.654. The molecule has 1 amide bonds. The summed E-state index contributed by atoms with van der Waals surface area (Å²) in [4.78, 5) is 17.1. The van der Waals surface area contributed by atoms with E-state index >= 15 is 0 Å². The van der Waals surface area contributed by atoms with Gasteiger partial charge in [-0.3, -0.25) is 4.79 Å². The summed E-state index contributed by atoms with van der Waals surface area (Å²) in [5.74, 6) is 1.88. The number of piperazine rings is 1. The molecule has 2 aromatic carbocycles. The summed E-state index contributed by atoms with van der Waals surface area (Å²) in [6.07, 6.45) is 1.68. The van der Waals surface area contributed by atoms with E-state index in [9.17, 15) is 4.79 Å². The van der Waals surface area contributed by atoms with Gasteiger partial charge in [0.1, 0.15) is 5.75 Å². The minimum Gasteiger partial charge on any atom is -0.495 e. The van der Waals surface area contributed by atoms with Crippen LogP contribution in [0.3, 0.4) is 0 Å². The maximum atomic E-state index is 12.9. The lowest BCUT2D eigenvalue weighted by Gasteiger charge is -2.36. The fourth-order valence-electron chi connectivity index (χ4n) is 3.98. The van der Waals surface area contributed by atoms with Gasteiger partial charge in [0.15, 0.2) is 18.3 Å². The molecule has 30 heavy (non-hydrogen) atoms. The molecule has 6 nitrogen and oxygen atoms in total. The van der Waals surface area contributed by atoms with Gasteiger partial charge in [-0.25, -0.2) is 0 Å². The highest BCUT2D eigenvalue weighted by Gasteiger charge is 2.26. The van der Waals surface area contributed by atoms with Crippen molar-refractivity contribution in [2.75, 3.05) is 44.7 Å². The zero-order valence-electron chi connectivity index (χ0n) is 17.2. The van der Waals surface area contributed by atoms with Crippen molar-refractivity contribution in [2.45, 2.75) is 6.04 Å². The molecule has 0 spiro atoms. The van der Waals surface area contributed by atoms with E-state index < -0.39 is 0 Å². The number of furan rings is 1. The third-order valence-electron chi connectivity index (χ3n) is 5.59. The average molecular weight is 407 g/mol. The second-order valence-corrected chi connectivity index (χ2v) is 7.38. The second kappa shape index (κ2) is 9.50. The molecule has 0 saturated carbocycles. The Hall–Kier alpha value is -3.25. The smallest absolute Gasteiger partial charge is 0.277 e. The molecule has 0 aliphatic carbocycles. The number of para-hydroxylation sites is 2. The van der Waals surface area contributed by atoms with E-state index in [1.54, 1.807) is 13.4 Å². The molecule has 3 aromatic rings. The van der Waals surface area contributed by atoms with Gasteiger partial charge in [0.2, 0.25) is 0 Å². The van der Waals surface area contributed by atoms with Crippen molar-refractivity contribution in [1.29, 1.82) is 0 Å². The molecule has 156 valence electrons. The van der Waals surface area contributed by atoms with Crippen molar-refractivity contribution in [2.24, 2.45) is 0 Å². The number of benzene rings is 2. The van der Waals surface area contributed by atoms with Crippen LogP contribution >= 0.6 is 0 Å². The summed E-state index contributed by atoms with van der Waals surface area (Å²) in [6.45, 7) is 3.40. The molecule has 0 unspecified atom stereocenters. The van der Waals surface area contributed by atoms with Crippen LogP contribution in [0, 0.1) is 0 Å². The predicted octanol–water partition coefficient (Wildman–Crippen LogP) is 2.29. The minimum absolute atomic E-state index is 0.0278. The van der Waals surface area contributed by atoms with Crippen LogP contribution in [0.2, 0.25) is 0 Å². The van der Waals surface area contributed by atoms with Crippen molar-refractivity contribution in [3.8, 4) is 5.75 Å². The first-order chi connectivity index (χ1) is 14.8. The third kappa shape index (κ3) is 4.49. The Labute approximate surface area is 177 Å². The summed E-state index contributed by atoms with van der Waals surface area (Å²) in [6, 6.07) is 22.0. The van der Waals surface area contributed by atoms with Gasteiger partial charge >= 0.3 is 0 Å². The van der Waals surface area contributed by atoms with Crippen molar-refractivity contribution in [3.05, 3.63) is 84.3 Å². The van der Waals surface area contributed by atoms with E-state index in [1.165, 1.54) is 0 Å². The van der Waals surface area contributed by atoms with E-state index in [0.29, 0.717) is 19.6 Å². The lowest BCUT2D eigenvalue weighted by atomic mass is 10.0. The SMILES string of the molecule is COc1ccccc1N1CCN(C(=O)C[NH2+][C@H](c2ccccc2)c2ccco2)CC1. The van der Waals surface area contributed by atoms with Crippen LogP contribution < -0.4 is 15.0 Å². The Morgan fingerprint density at radius 2 is 1.73 bits per heavy atom. The zero-order chi connectivity index (χ0) is 20.8. The Kier molecular flexibility index (Phi) is 6.35. The van der Waals surface area contributed by atoms with Gasteiger partial charge in [0.25, 0.3) is 5.91 Å². The Bertz CT molecular complexity index is 935. The number of nitrogens with two attached hydrogens (primary N) is 1. The highest BCUT2D eigenvalue weighted by molar-refractivity contribution is 5.77. The number of carbonyl (C=O) groups is 1. The van der Waals surface area contributed by atoms with Gasteiger partial charge in [0, 0.05) is 31.7 Å². The Balaban J connectivity index is 1.35. The predicted molar refractivity (Wildman–Crippen MR) is 116 cm³/mol. The zero-order valence-corrected chi connectivity index (χ0v) is 17.2. The van der Waals surface area contributed by atoms with Crippen LogP contribution in [0.1, 0.15) is 17.4 Å². The van der Waals surface area contributed by atoms with Crippen LogP contribution in [0.4, 0.5) is 5.69 Å². The maximum Gasteiger partial charge on any atom is 0.277 e. The first-order valence-electron chi connectivity index (χ1n) is 10.3. The summed E-state index contributed by atoms with van der Waals surface area (Å²) in [7, 11) is 1.69. The number of anilines is 1. The topological polar surface area (TPSA) is 62.5 Å². The number of nitrogens with zero attached hydrogens (tertiary/aromatic N) is 2. The van der Waals surface area contributed by atoms with E-state index in [0.717, 1.165) is 35.9 Å². The molecule has 0 radical (unpaired) electrons. The lowest BCUT2D eigenvalue weighted by Crippen LogP contribution is -2.88. The first-order valence-corrected chi connectivity index (χ1v) is 10.3. The summed E-state index contributed by atoms with van der Waals surface area (Å²) < 4.78 is 11.1. The van der Waals surface area contributed by atoms with Gasteiger partial charge in [-0.2, -0.15) is 0 Å². The molecule has 6 heteroatoms. The molecule has 1 fully saturated rings. The van der Waals surface area contributed by atoms with Gasteiger partial charge in [-0.15, -0.1) is 0 Å². The number of ether oxygens (including phenoxy) is 1. The van der Waals surface area contributed by atoms with Crippen LogP contribution in [0.25, 0.3) is 0 Å². The average Bonchev–Trinajstić information content (AvgIpc) is 3.34. The summed E-state index contributed by atoms with van der Waals surface area (Å²) in [5.41, 5.74) is 2.21. The number of hydrogen-bond acceptors (Lipinski definition) is 4. The molecular formula is C24H28N3O3+. The van der Waals surface area contributed by atoms with Crippen molar-refractivity contribution >= 4 is 11.6 Å². The molecule has 1 saturated heterocycles. The molecule has 4 rings (SSSR count). The third-order valence-corrected chi connectivity index (χ3v) is 5.59. The molecule has 1 aliphatic heterocycles. The molecule has 0 bridgehead atoms. The molecular weight excluding hydrogens is 378 g/mol. The number of hydrogen-bond donors (Lipinski definition) is 1. The summed E-state index contributed by atoms with van der Waals surface area (Å²) >= 11 is 0. The Morgan fingerprint density at radius 3 is 2.43 bits per heavy atom. The van der Waals surface area contributed by atoms with E-state index in [4.69, 9.17) is 9.15 Å². The van der Waals surface area contributed by atoms with Crippen LogP contribution in [0.15, 0.2) is 77.4 Å². The second-order valence-electron chi connectivity index (χ2n) is 7.38. The van der Waals surface area contributed by atoms with Crippen LogP contribution in [-0.4, -0.2) is 50.6 Å². The number of quaternary nitrogens is 1. The molecule has 2 heterocycles. The van der Waals surface area contributed by atoms with Crippen LogP contribution in [-0.2, 0) is 4.79 Å². The van der Waals surface area contributed by atoms with Crippen molar-refractivity contribution < 1.29 is 19.3 Å². The maximum absolute atomic E-state index is 12.9. The van der Waals surface area contributed by atoms with E-state index in [1.807, 2.05) is 53.4 Å². The van der Waals surface area contributed by atoms with E-state index in [2.05, 4.69) is 28.4 Å². The number of carbonyl (C=O) groups excluding carboxylic acids is 1. The highest BCUT2D eigenvalue weighted by Crippen LogP contribution is 2.28. The van der Waals surface area contributed by atoms with Crippen molar-refractivity contribution in [1.82, 2.24) is 4.90 Å². The van der Waals surface area contributed by atoms with Crippen LogP contribution in [0.5, 0.6) is 5.75 Å². The number of methoxy groups -OCH3 is 1. The Morgan fingerprint density at radius 1 is 1.00 bits per heavy atom. The number of amides is 1. The lowest BCUT2D eigenvalue weighted by molar-refractivity contribution is -0.679. The van der Waals surface area contributed by atoms with Gasteiger partial charge in [0.05, 0.1) is 19.1 Å². The van der Waals surface area contributed by atoms with Gasteiger partial charge in [-0.1, -0.05) is 42.5 Å². The summed E-state index contributed by atoms with van der Waals surface area (Å²) in [5, 5.41) is 2.06. The molecule has 1 atom stereocenters. The standard InChI is InChI=1S/C24H27N3O3/c1-29-21-11-6-5-10-20(21)26-13-15-27(16-14-26)23(28)18-25-24(22-12-7-17-30-22)19-8-3-2-4-9-19/h2-12,17,24-25H,13-16,18H2,1H3/p+1/t24-/m1/s1.